The Morgan fingerprint density at radius 3 is 2.13 bits per heavy atom. The van der Waals surface area contributed by atoms with Crippen LogP contribution in [0.2, 0.25) is 0 Å². The zero-order valence-electron chi connectivity index (χ0n) is 21.3. The Hall–Kier alpha value is -4.98. The van der Waals surface area contributed by atoms with Crippen LogP contribution in [0.1, 0.15) is 41.3 Å². The van der Waals surface area contributed by atoms with Crippen molar-refractivity contribution in [2.24, 2.45) is 0 Å². The van der Waals surface area contributed by atoms with E-state index in [2.05, 4.69) is 15.6 Å². The number of benzene rings is 3. The number of urea groups is 1. The highest BCUT2D eigenvalue weighted by molar-refractivity contribution is 5.90. The van der Waals surface area contributed by atoms with Crippen LogP contribution < -0.4 is 16.2 Å². The van der Waals surface area contributed by atoms with E-state index in [1.54, 1.807) is 6.07 Å². The molecule has 0 aliphatic heterocycles. The Bertz CT molecular complexity index is 1610. The van der Waals surface area contributed by atoms with Crippen molar-refractivity contribution < 1.29 is 4.79 Å². The number of hydrogen-bond donors (Lipinski definition) is 3. The number of carbonyl (C=O) groups is 1. The normalized spacial score (nSPS) is 12.6. The van der Waals surface area contributed by atoms with Crippen molar-refractivity contribution >= 4 is 11.8 Å². The second-order valence-corrected chi connectivity index (χ2v) is 9.57. The summed E-state index contributed by atoms with van der Waals surface area (Å²) >= 11 is 0. The fourth-order valence-electron chi connectivity index (χ4n) is 5.01. The number of hydrogen-bond acceptors (Lipinski definition) is 4. The summed E-state index contributed by atoms with van der Waals surface area (Å²) in [6, 6.07) is 30.3. The highest BCUT2D eigenvalue weighted by Gasteiger charge is 2.22. The van der Waals surface area contributed by atoms with E-state index in [1.165, 1.54) is 4.68 Å². The molecule has 2 aromatic heterocycles. The summed E-state index contributed by atoms with van der Waals surface area (Å²) in [5.74, 6) is 0.672. The van der Waals surface area contributed by atoms with Crippen LogP contribution in [-0.4, -0.2) is 25.8 Å². The van der Waals surface area contributed by atoms with Gasteiger partial charge < -0.3 is 5.32 Å². The molecule has 2 heterocycles. The lowest BCUT2D eigenvalue weighted by Crippen LogP contribution is -2.34. The van der Waals surface area contributed by atoms with Gasteiger partial charge in [-0.25, -0.2) is 9.78 Å². The lowest BCUT2D eigenvalue weighted by Gasteiger charge is -2.20. The van der Waals surface area contributed by atoms with Gasteiger partial charge in [-0.3, -0.25) is 15.1 Å². The third-order valence-electron chi connectivity index (χ3n) is 6.94. The van der Waals surface area contributed by atoms with Gasteiger partial charge in [0.05, 0.1) is 17.4 Å². The SMILES string of the molecule is O=C(Nc1cc(-c2ccccc2)nn1-c1nc2c(c(=O)[nH]1)CCCC2)NC(c1ccccc1)c1ccccc1. The molecule has 3 aromatic carbocycles. The van der Waals surface area contributed by atoms with Crippen LogP contribution in [0.3, 0.4) is 0 Å². The predicted molar refractivity (Wildman–Crippen MR) is 151 cm³/mol. The molecule has 1 aliphatic rings. The summed E-state index contributed by atoms with van der Waals surface area (Å²) in [7, 11) is 0. The van der Waals surface area contributed by atoms with E-state index >= 15 is 0 Å². The minimum absolute atomic E-state index is 0.157. The van der Waals surface area contributed by atoms with E-state index in [0.717, 1.165) is 53.6 Å². The molecule has 1 aliphatic carbocycles. The van der Waals surface area contributed by atoms with E-state index in [1.807, 2.05) is 91.0 Å². The Kier molecular flexibility index (Phi) is 6.74. The van der Waals surface area contributed by atoms with E-state index in [-0.39, 0.29) is 17.5 Å². The predicted octanol–water partition coefficient (Wildman–Crippen LogP) is 5.41. The molecule has 0 radical (unpaired) electrons. The topological polar surface area (TPSA) is 105 Å². The van der Waals surface area contributed by atoms with Crippen LogP contribution in [0, 0.1) is 0 Å². The quantitative estimate of drug-likeness (QED) is 0.281. The Morgan fingerprint density at radius 1 is 0.846 bits per heavy atom. The number of fused-ring (bicyclic) bond motifs is 1. The molecule has 3 N–H and O–H groups in total. The number of aromatic nitrogens is 4. The maximum atomic E-state index is 13.4. The fraction of sp³-hybridized carbons (Fsp3) is 0.161. The number of anilines is 1. The third-order valence-corrected chi connectivity index (χ3v) is 6.94. The van der Waals surface area contributed by atoms with Crippen LogP contribution in [0.4, 0.5) is 10.6 Å². The maximum Gasteiger partial charge on any atom is 0.321 e. The minimum atomic E-state index is -0.409. The van der Waals surface area contributed by atoms with Gasteiger partial charge in [-0.05, 0) is 36.8 Å². The number of aromatic amines is 1. The zero-order chi connectivity index (χ0) is 26.6. The number of nitrogens with one attached hydrogen (secondary N) is 3. The van der Waals surface area contributed by atoms with Crippen molar-refractivity contribution in [3.05, 3.63) is 130 Å². The number of H-pyrrole nitrogens is 1. The van der Waals surface area contributed by atoms with Crippen molar-refractivity contribution in [1.29, 1.82) is 0 Å². The van der Waals surface area contributed by atoms with E-state index in [4.69, 9.17) is 10.1 Å². The molecule has 39 heavy (non-hydrogen) atoms. The second-order valence-electron chi connectivity index (χ2n) is 9.57. The van der Waals surface area contributed by atoms with Gasteiger partial charge >= 0.3 is 6.03 Å². The Balaban J connectivity index is 1.36. The smallest absolute Gasteiger partial charge is 0.321 e. The molecular weight excluding hydrogens is 488 g/mol. The lowest BCUT2D eigenvalue weighted by molar-refractivity contribution is 0.250. The molecule has 0 atom stereocenters. The molecular formula is C31H28N6O2. The lowest BCUT2D eigenvalue weighted by atomic mass is 9.97. The van der Waals surface area contributed by atoms with Crippen molar-refractivity contribution in [3.63, 3.8) is 0 Å². The molecule has 194 valence electrons. The van der Waals surface area contributed by atoms with Crippen molar-refractivity contribution in [1.82, 2.24) is 25.1 Å². The first-order valence-corrected chi connectivity index (χ1v) is 13.1. The van der Waals surface area contributed by atoms with Crippen LogP contribution in [0.15, 0.2) is 102 Å². The molecule has 0 fully saturated rings. The molecule has 0 bridgehead atoms. The van der Waals surface area contributed by atoms with Gasteiger partial charge in [-0.2, -0.15) is 9.78 Å². The first kappa shape index (κ1) is 24.4. The average Bonchev–Trinajstić information content (AvgIpc) is 3.41. The van der Waals surface area contributed by atoms with Gasteiger partial charge in [0.25, 0.3) is 5.56 Å². The molecule has 0 spiro atoms. The minimum Gasteiger partial charge on any atom is -0.327 e. The molecule has 0 unspecified atom stereocenters. The van der Waals surface area contributed by atoms with E-state index in [9.17, 15) is 9.59 Å². The van der Waals surface area contributed by atoms with Crippen LogP contribution in [0.25, 0.3) is 17.2 Å². The number of aryl methyl sites for hydroxylation is 1. The van der Waals surface area contributed by atoms with Crippen molar-refractivity contribution in [2.75, 3.05) is 5.32 Å². The highest BCUT2D eigenvalue weighted by Crippen LogP contribution is 2.26. The number of carbonyl (C=O) groups excluding carboxylic acids is 1. The molecule has 5 aromatic rings. The molecule has 2 amide bonds. The van der Waals surface area contributed by atoms with Gasteiger partial charge in [0, 0.05) is 17.2 Å². The van der Waals surface area contributed by atoms with Gasteiger partial charge in [0.15, 0.2) is 0 Å². The summed E-state index contributed by atoms with van der Waals surface area (Å²) in [6.45, 7) is 0. The molecule has 8 heteroatoms. The molecule has 6 rings (SSSR count). The Labute approximate surface area is 225 Å². The number of nitrogens with zero attached hydrogens (tertiary/aromatic N) is 3. The monoisotopic (exact) mass is 516 g/mol. The summed E-state index contributed by atoms with van der Waals surface area (Å²) in [5.41, 5.74) is 4.81. The summed E-state index contributed by atoms with van der Waals surface area (Å²) < 4.78 is 1.50. The summed E-state index contributed by atoms with van der Waals surface area (Å²) in [5, 5.41) is 10.8. The average molecular weight is 517 g/mol. The number of amides is 2. The first-order chi connectivity index (χ1) is 19.2. The molecule has 8 nitrogen and oxygen atoms in total. The van der Waals surface area contributed by atoms with Gasteiger partial charge in [-0.15, -0.1) is 0 Å². The van der Waals surface area contributed by atoms with Crippen LogP contribution in [-0.2, 0) is 12.8 Å². The fourth-order valence-corrected chi connectivity index (χ4v) is 5.01. The first-order valence-electron chi connectivity index (χ1n) is 13.1. The van der Waals surface area contributed by atoms with Crippen molar-refractivity contribution in [3.8, 4) is 17.2 Å². The van der Waals surface area contributed by atoms with Gasteiger partial charge in [-0.1, -0.05) is 91.0 Å². The van der Waals surface area contributed by atoms with E-state index < -0.39 is 6.03 Å². The van der Waals surface area contributed by atoms with Crippen LogP contribution >= 0.6 is 0 Å². The molecule has 0 saturated heterocycles. The van der Waals surface area contributed by atoms with Gasteiger partial charge in [0.2, 0.25) is 5.95 Å². The van der Waals surface area contributed by atoms with Crippen molar-refractivity contribution in [2.45, 2.75) is 31.7 Å². The van der Waals surface area contributed by atoms with Crippen LogP contribution in [0.5, 0.6) is 0 Å². The third kappa shape index (κ3) is 5.22. The standard InChI is InChI=1S/C31H28N6O2/c38-29-24-18-10-11-19-25(24)32-30(35-29)37-27(20-26(36-37)21-12-4-1-5-13-21)33-31(39)34-28(22-14-6-2-7-15-22)23-16-8-3-9-17-23/h1-9,12-17,20,28H,10-11,18-19H2,(H,32,35,38)(H2,33,34,39). The summed E-state index contributed by atoms with van der Waals surface area (Å²) in [6.07, 6.45) is 3.44. The second kappa shape index (κ2) is 10.8. The van der Waals surface area contributed by atoms with Gasteiger partial charge in [0.1, 0.15) is 5.82 Å². The maximum absolute atomic E-state index is 13.4. The zero-order valence-corrected chi connectivity index (χ0v) is 21.3. The number of rotatable bonds is 6. The summed E-state index contributed by atoms with van der Waals surface area (Å²) in [4.78, 5) is 34.0. The molecule has 0 saturated carbocycles. The van der Waals surface area contributed by atoms with E-state index in [0.29, 0.717) is 11.5 Å². The Morgan fingerprint density at radius 2 is 1.46 bits per heavy atom. The highest BCUT2D eigenvalue weighted by atomic mass is 16.2. The largest absolute Gasteiger partial charge is 0.327 e.